The molecule has 0 heterocycles. The van der Waals surface area contributed by atoms with Gasteiger partial charge in [0.25, 0.3) is 10.0 Å². The molecular weight excluding hydrogens is 418 g/mol. The lowest BCUT2D eigenvalue weighted by atomic mass is 10.1. The Morgan fingerprint density at radius 1 is 1.00 bits per heavy atom. The van der Waals surface area contributed by atoms with E-state index in [1.165, 1.54) is 26.3 Å². The van der Waals surface area contributed by atoms with Crippen molar-refractivity contribution in [2.24, 2.45) is 0 Å². The molecule has 0 saturated heterocycles. The summed E-state index contributed by atoms with van der Waals surface area (Å²) in [4.78, 5) is 11.9. The molecule has 0 fully saturated rings. The molecule has 26 heavy (non-hydrogen) atoms. The third-order valence-corrected chi connectivity index (χ3v) is 6.42. The molecule has 134 valence electrons. The van der Waals surface area contributed by atoms with Gasteiger partial charge in [0.1, 0.15) is 4.90 Å². The number of fused-ring (bicyclic) bond motifs is 1. The van der Waals surface area contributed by atoms with Crippen molar-refractivity contribution in [3.63, 3.8) is 0 Å². The lowest BCUT2D eigenvalue weighted by Crippen LogP contribution is -2.28. The van der Waals surface area contributed by atoms with Crippen LogP contribution in [0, 0.1) is 0 Å². The van der Waals surface area contributed by atoms with Crippen LogP contribution in [0.2, 0.25) is 0 Å². The largest absolute Gasteiger partial charge is 0.465 e. The predicted octanol–water partition coefficient (Wildman–Crippen LogP) is 4.21. The van der Waals surface area contributed by atoms with Gasteiger partial charge in [0.2, 0.25) is 0 Å². The summed E-state index contributed by atoms with van der Waals surface area (Å²) in [6.45, 7) is 0. The Hall–Kier alpha value is -2.38. The summed E-state index contributed by atoms with van der Waals surface area (Å²) >= 11 is 3.25. The van der Waals surface area contributed by atoms with Gasteiger partial charge in [0, 0.05) is 11.5 Å². The van der Waals surface area contributed by atoms with Gasteiger partial charge in [-0.15, -0.1) is 0 Å². The average Bonchev–Trinajstić information content (AvgIpc) is 2.66. The van der Waals surface area contributed by atoms with Crippen molar-refractivity contribution in [1.29, 1.82) is 0 Å². The van der Waals surface area contributed by atoms with Crippen molar-refractivity contribution >= 4 is 48.4 Å². The highest BCUT2D eigenvalue weighted by molar-refractivity contribution is 9.10. The van der Waals surface area contributed by atoms with Gasteiger partial charge in [-0.25, -0.2) is 13.2 Å². The number of esters is 1. The van der Waals surface area contributed by atoms with E-state index in [1.807, 2.05) is 30.3 Å². The zero-order chi connectivity index (χ0) is 18.9. The maximum absolute atomic E-state index is 13.1. The number of ether oxygens (including phenoxy) is 1. The molecule has 0 aliphatic rings. The lowest BCUT2D eigenvalue weighted by molar-refractivity contribution is 0.0596. The molecule has 5 nitrogen and oxygen atoms in total. The van der Waals surface area contributed by atoms with Crippen molar-refractivity contribution in [1.82, 2.24) is 0 Å². The summed E-state index contributed by atoms with van der Waals surface area (Å²) in [5.74, 6) is -0.711. The standard InChI is InChI=1S/C19H16BrNO4S/c1-21(16-9-7-13-5-3-4-6-14(13)11-16)26(23,24)18-10-8-15(20)12-17(18)19(22)25-2/h3-12H,1-2H3. The third kappa shape index (κ3) is 3.32. The Labute approximate surface area is 160 Å². The van der Waals surface area contributed by atoms with Crippen LogP contribution in [0.4, 0.5) is 5.69 Å². The van der Waals surface area contributed by atoms with Gasteiger partial charge < -0.3 is 4.74 Å². The van der Waals surface area contributed by atoms with Crippen LogP contribution in [-0.2, 0) is 14.8 Å². The maximum Gasteiger partial charge on any atom is 0.339 e. The van der Waals surface area contributed by atoms with E-state index in [4.69, 9.17) is 4.74 Å². The van der Waals surface area contributed by atoms with Gasteiger partial charge in [-0.1, -0.05) is 46.3 Å². The molecule has 7 heteroatoms. The van der Waals surface area contributed by atoms with E-state index in [0.717, 1.165) is 15.1 Å². The number of benzene rings is 3. The fourth-order valence-corrected chi connectivity index (χ4v) is 4.36. The second-order valence-corrected chi connectivity index (χ2v) is 8.49. The number of nitrogens with zero attached hydrogens (tertiary/aromatic N) is 1. The van der Waals surface area contributed by atoms with Crippen LogP contribution >= 0.6 is 15.9 Å². The Bertz CT molecular complexity index is 1100. The number of methoxy groups -OCH3 is 1. The van der Waals surface area contributed by atoms with Gasteiger partial charge in [-0.05, 0) is 41.1 Å². The smallest absolute Gasteiger partial charge is 0.339 e. The first kappa shape index (κ1) is 18.4. The minimum absolute atomic E-state index is 0.0190. The SMILES string of the molecule is COC(=O)c1cc(Br)ccc1S(=O)(=O)N(C)c1ccc2ccccc2c1. The van der Waals surface area contributed by atoms with E-state index in [1.54, 1.807) is 18.2 Å². The Balaban J connectivity index is 2.11. The quantitative estimate of drug-likeness (QED) is 0.577. The van der Waals surface area contributed by atoms with Crippen LogP contribution in [-0.4, -0.2) is 28.5 Å². The van der Waals surface area contributed by atoms with E-state index >= 15 is 0 Å². The number of hydrogen-bond acceptors (Lipinski definition) is 4. The number of carbonyl (C=O) groups excluding carboxylic acids is 1. The molecule has 0 unspecified atom stereocenters. The molecule has 3 aromatic carbocycles. The highest BCUT2D eigenvalue weighted by Gasteiger charge is 2.27. The van der Waals surface area contributed by atoms with E-state index in [0.29, 0.717) is 10.2 Å². The van der Waals surface area contributed by atoms with Gasteiger partial charge in [-0.2, -0.15) is 0 Å². The number of hydrogen-bond donors (Lipinski definition) is 0. The number of sulfonamides is 1. The normalized spacial score (nSPS) is 11.3. The van der Waals surface area contributed by atoms with Crippen LogP contribution in [0.25, 0.3) is 10.8 Å². The zero-order valence-electron chi connectivity index (χ0n) is 14.1. The lowest BCUT2D eigenvalue weighted by Gasteiger charge is -2.21. The van der Waals surface area contributed by atoms with Crippen LogP contribution in [0.1, 0.15) is 10.4 Å². The van der Waals surface area contributed by atoms with E-state index in [2.05, 4.69) is 15.9 Å². The maximum atomic E-state index is 13.1. The summed E-state index contributed by atoms with van der Waals surface area (Å²) in [6.07, 6.45) is 0. The molecule has 0 radical (unpaired) electrons. The first-order valence-electron chi connectivity index (χ1n) is 7.70. The summed E-state index contributed by atoms with van der Waals surface area (Å²) in [5.41, 5.74) is 0.483. The molecular formula is C19H16BrNO4S. The van der Waals surface area contributed by atoms with Crippen LogP contribution < -0.4 is 4.31 Å². The fourth-order valence-electron chi connectivity index (χ4n) is 2.66. The van der Waals surface area contributed by atoms with Gasteiger partial charge in [-0.3, -0.25) is 4.31 Å². The third-order valence-electron chi connectivity index (χ3n) is 4.08. The van der Waals surface area contributed by atoms with Gasteiger partial charge in [0.15, 0.2) is 0 Å². The summed E-state index contributed by atoms with van der Waals surface area (Å²) in [7, 11) is -1.28. The summed E-state index contributed by atoms with van der Waals surface area (Å²) in [5, 5.41) is 1.94. The molecule has 0 atom stereocenters. The van der Waals surface area contributed by atoms with Crippen LogP contribution in [0.15, 0.2) is 70.0 Å². The predicted molar refractivity (Wildman–Crippen MR) is 105 cm³/mol. The Morgan fingerprint density at radius 2 is 1.69 bits per heavy atom. The van der Waals surface area contributed by atoms with Crippen LogP contribution in [0.3, 0.4) is 0 Å². The van der Waals surface area contributed by atoms with Crippen molar-refractivity contribution in [3.05, 3.63) is 70.7 Å². The Morgan fingerprint density at radius 3 is 2.38 bits per heavy atom. The first-order valence-corrected chi connectivity index (χ1v) is 9.93. The first-order chi connectivity index (χ1) is 12.3. The van der Waals surface area contributed by atoms with Crippen molar-refractivity contribution in [2.75, 3.05) is 18.5 Å². The molecule has 0 saturated carbocycles. The molecule has 0 bridgehead atoms. The minimum atomic E-state index is -3.95. The van der Waals surface area contributed by atoms with E-state index in [-0.39, 0.29) is 10.5 Å². The second kappa shape index (κ2) is 7.09. The number of rotatable bonds is 4. The minimum Gasteiger partial charge on any atom is -0.465 e. The monoisotopic (exact) mass is 433 g/mol. The van der Waals surface area contributed by atoms with E-state index in [9.17, 15) is 13.2 Å². The van der Waals surface area contributed by atoms with Crippen LogP contribution in [0.5, 0.6) is 0 Å². The van der Waals surface area contributed by atoms with Crippen molar-refractivity contribution in [2.45, 2.75) is 4.90 Å². The summed E-state index contributed by atoms with van der Waals surface area (Å²) in [6, 6.07) is 17.5. The molecule has 0 amide bonds. The van der Waals surface area contributed by atoms with Gasteiger partial charge >= 0.3 is 5.97 Å². The molecule has 0 spiro atoms. The number of anilines is 1. The van der Waals surface area contributed by atoms with Gasteiger partial charge in [0.05, 0.1) is 18.4 Å². The molecule has 0 N–H and O–H groups in total. The molecule has 0 aliphatic carbocycles. The molecule has 0 aliphatic heterocycles. The highest BCUT2D eigenvalue weighted by Crippen LogP contribution is 2.29. The topological polar surface area (TPSA) is 63.7 Å². The zero-order valence-corrected chi connectivity index (χ0v) is 16.5. The number of halogens is 1. The molecule has 3 rings (SSSR count). The Kier molecular flexibility index (Phi) is 5.02. The second-order valence-electron chi connectivity index (χ2n) is 5.64. The average molecular weight is 434 g/mol. The highest BCUT2D eigenvalue weighted by atomic mass is 79.9. The van der Waals surface area contributed by atoms with Crippen molar-refractivity contribution < 1.29 is 17.9 Å². The molecule has 3 aromatic rings. The van der Waals surface area contributed by atoms with Crippen molar-refractivity contribution in [3.8, 4) is 0 Å². The summed E-state index contributed by atoms with van der Waals surface area (Å²) < 4.78 is 32.7. The fraction of sp³-hybridized carbons (Fsp3) is 0.105. The molecule has 0 aromatic heterocycles. The van der Waals surface area contributed by atoms with E-state index < -0.39 is 16.0 Å². The number of carbonyl (C=O) groups is 1.